The molecule has 3 atom stereocenters. The highest BCUT2D eigenvalue weighted by atomic mass is 35.5. The average Bonchev–Trinajstić information content (AvgIpc) is 2.47. The number of benzene rings is 1. The first kappa shape index (κ1) is 15.2. The molecular formula is C16H21ClN2O. The number of nitriles is 1. The van der Waals surface area contributed by atoms with Crippen LogP contribution in [0.4, 0.5) is 5.69 Å². The molecule has 108 valence electrons. The van der Waals surface area contributed by atoms with Crippen molar-refractivity contribution in [2.75, 3.05) is 11.9 Å². The van der Waals surface area contributed by atoms with E-state index in [1.165, 1.54) is 0 Å². The third kappa shape index (κ3) is 2.63. The van der Waals surface area contributed by atoms with Gasteiger partial charge in [0.1, 0.15) is 0 Å². The summed E-state index contributed by atoms with van der Waals surface area (Å²) in [5.41, 5.74) is 1.57. The highest BCUT2D eigenvalue weighted by Gasteiger charge is 2.51. The molecule has 0 aliphatic heterocycles. The van der Waals surface area contributed by atoms with E-state index >= 15 is 0 Å². The van der Waals surface area contributed by atoms with Crippen LogP contribution in [-0.4, -0.2) is 18.8 Å². The molecule has 1 aliphatic rings. The Balaban J connectivity index is 2.13. The molecule has 1 aromatic rings. The van der Waals surface area contributed by atoms with Crippen molar-refractivity contribution in [1.29, 1.82) is 5.26 Å². The molecule has 1 aliphatic carbocycles. The molecule has 4 heteroatoms. The van der Waals surface area contributed by atoms with Crippen molar-refractivity contribution in [2.24, 2.45) is 5.41 Å². The maximum absolute atomic E-state index is 8.98. The van der Waals surface area contributed by atoms with Gasteiger partial charge in [0.25, 0.3) is 0 Å². The van der Waals surface area contributed by atoms with Crippen LogP contribution in [0.15, 0.2) is 18.2 Å². The summed E-state index contributed by atoms with van der Waals surface area (Å²) in [7, 11) is 0. The predicted molar refractivity (Wildman–Crippen MR) is 82.0 cm³/mol. The van der Waals surface area contributed by atoms with Gasteiger partial charge >= 0.3 is 0 Å². The van der Waals surface area contributed by atoms with E-state index in [4.69, 9.17) is 21.6 Å². The lowest BCUT2D eigenvalue weighted by Gasteiger charge is -2.54. The molecule has 0 spiro atoms. The van der Waals surface area contributed by atoms with Crippen LogP contribution in [0.25, 0.3) is 0 Å². The highest BCUT2D eigenvalue weighted by Crippen LogP contribution is 2.47. The Labute approximate surface area is 125 Å². The number of rotatable bonds is 5. The van der Waals surface area contributed by atoms with Crippen molar-refractivity contribution in [2.45, 2.75) is 45.8 Å². The summed E-state index contributed by atoms with van der Waals surface area (Å²) in [6.07, 6.45) is 2.32. The Bertz CT molecular complexity index is 526. The van der Waals surface area contributed by atoms with Gasteiger partial charge in [-0.3, -0.25) is 0 Å². The van der Waals surface area contributed by atoms with Crippen LogP contribution >= 0.6 is 11.6 Å². The van der Waals surface area contributed by atoms with Crippen molar-refractivity contribution in [3.63, 3.8) is 0 Å². The highest BCUT2D eigenvalue weighted by molar-refractivity contribution is 6.33. The molecular weight excluding hydrogens is 272 g/mol. The summed E-state index contributed by atoms with van der Waals surface area (Å²) >= 11 is 6.21. The number of hydrogen-bond acceptors (Lipinski definition) is 3. The van der Waals surface area contributed by atoms with Gasteiger partial charge in [0, 0.05) is 18.1 Å². The fourth-order valence-electron chi connectivity index (χ4n) is 2.87. The summed E-state index contributed by atoms with van der Waals surface area (Å²) < 4.78 is 5.80. The molecule has 2 rings (SSSR count). The molecule has 3 nitrogen and oxygen atoms in total. The number of nitrogens with zero attached hydrogens (tertiary/aromatic N) is 1. The molecule has 1 saturated carbocycles. The molecule has 0 amide bonds. The summed E-state index contributed by atoms with van der Waals surface area (Å²) in [6, 6.07) is 7.79. The topological polar surface area (TPSA) is 45.0 Å². The summed E-state index contributed by atoms with van der Waals surface area (Å²) in [5, 5.41) is 13.1. The Morgan fingerprint density at radius 1 is 1.50 bits per heavy atom. The van der Waals surface area contributed by atoms with E-state index in [-0.39, 0.29) is 5.41 Å². The molecule has 0 saturated heterocycles. The first-order chi connectivity index (χ1) is 9.55. The Morgan fingerprint density at radius 2 is 2.25 bits per heavy atom. The fourth-order valence-corrected chi connectivity index (χ4v) is 3.04. The van der Waals surface area contributed by atoms with Crippen molar-refractivity contribution < 1.29 is 4.74 Å². The van der Waals surface area contributed by atoms with Gasteiger partial charge in [0.05, 0.1) is 28.4 Å². The number of hydrogen-bond donors (Lipinski definition) is 1. The molecule has 3 unspecified atom stereocenters. The summed E-state index contributed by atoms with van der Waals surface area (Å²) in [6.45, 7) is 7.21. The third-order valence-corrected chi connectivity index (χ3v) is 4.87. The van der Waals surface area contributed by atoms with Crippen molar-refractivity contribution in [3.05, 3.63) is 28.8 Å². The number of anilines is 1. The molecule has 20 heavy (non-hydrogen) atoms. The van der Waals surface area contributed by atoms with E-state index in [0.29, 0.717) is 22.7 Å². The van der Waals surface area contributed by atoms with Gasteiger partial charge in [-0.25, -0.2) is 0 Å². The second-order valence-corrected chi connectivity index (χ2v) is 5.95. The Hall–Kier alpha value is -1.24. The Morgan fingerprint density at radius 3 is 2.85 bits per heavy atom. The van der Waals surface area contributed by atoms with Gasteiger partial charge in [-0.15, -0.1) is 0 Å². The van der Waals surface area contributed by atoms with Gasteiger partial charge in [0.15, 0.2) is 0 Å². The van der Waals surface area contributed by atoms with Crippen LogP contribution < -0.4 is 5.32 Å². The van der Waals surface area contributed by atoms with Gasteiger partial charge in [-0.2, -0.15) is 5.26 Å². The van der Waals surface area contributed by atoms with E-state index in [1.807, 2.05) is 13.0 Å². The van der Waals surface area contributed by atoms with Gasteiger partial charge in [0.2, 0.25) is 0 Å². The van der Waals surface area contributed by atoms with Crippen LogP contribution in [0.3, 0.4) is 0 Å². The van der Waals surface area contributed by atoms with E-state index in [2.05, 4.69) is 25.2 Å². The maximum atomic E-state index is 8.98. The van der Waals surface area contributed by atoms with Crippen LogP contribution in [0.1, 0.15) is 39.2 Å². The van der Waals surface area contributed by atoms with Gasteiger partial charge in [-0.05, 0) is 38.0 Å². The molecule has 0 radical (unpaired) electrons. The smallest absolute Gasteiger partial charge is 0.0992 e. The van der Waals surface area contributed by atoms with Crippen LogP contribution in [0.2, 0.25) is 5.02 Å². The first-order valence-corrected chi connectivity index (χ1v) is 7.50. The lowest BCUT2D eigenvalue weighted by molar-refractivity contribution is -0.109. The van der Waals surface area contributed by atoms with Crippen molar-refractivity contribution >= 4 is 17.3 Å². The van der Waals surface area contributed by atoms with E-state index in [1.54, 1.807) is 12.1 Å². The van der Waals surface area contributed by atoms with E-state index in [0.717, 1.165) is 25.1 Å². The second-order valence-electron chi connectivity index (χ2n) is 5.54. The standard InChI is InChI=1S/C16H21ClN2O/c1-4-16(3)14(9-15(16)20-5-2)19-13-8-11(10-18)6-7-12(13)17/h6-8,14-15,19H,4-5,9H2,1-3H3. The number of halogens is 1. The average molecular weight is 293 g/mol. The minimum absolute atomic E-state index is 0.113. The van der Waals surface area contributed by atoms with Crippen molar-refractivity contribution in [1.82, 2.24) is 0 Å². The minimum Gasteiger partial charge on any atom is -0.380 e. The molecule has 0 aromatic heterocycles. The lowest BCUT2D eigenvalue weighted by atomic mass is 9.61. The quantitative estimate of drug-likeness (QED) is 0.884. The summed E-state index contributed by atoms with van der Waals surface area (Å²) in [5.74, 6) is 0. The normalized spacial score (nSPS) is 28.6. The third-order valence-electron chi connectivity index (χ3n) is 4.54. The summed E-state index contributed by atoms with van der Waals surface area (Å²) in [4.78, 5) is 0. The van der Waals surface area contributed by atoms with Crippen LogP contribution in [0.5, 0.6) is 0 Å². The largest absolute Gasteiger partial charge is 0.380 e. The van der Waals surface area contributed by atoms with Gasteiger partial charge < -0.3 is 10.1 Å². The lowest BCUT2D eigenvalue weighted by Crippen LogP contribution is -2.59. The molecule has 1 fully saturated rings. The number of nitrogens with one attached hydrogen (secondary N) is 1. The van der Waals surface area contributed by atoms with Crippen LogP contribution in [0, 0.1) is 16.7 Å². The SMILES string of the molecule is CCOC1CC(Nc2cc(C#N)ccc2Cl)C1(C)CC. The van der Waals surface area contributed by atoms with Crippen LogP contribution in [-0.2, 0) is 4.74 Å². The maximum Gasteiger partial charge on any atom is 0.0992 e. The zero-order valence-electron chi connectivity index (χ0n) is 12.2. The first-order valence-electron chi connectivity index (χ1n) is 7.13. The molecule has 0 heterocycles. The second kappa shape index (κ2) is 6.03. The molecule has 1 N–H and O–H groups in total. The van der Waals surface area contributed by atoms with E-state index in [9.17, 15) is 0 Å². The number of ether oxygens (including phenoxy) is 1. The van der Waals surface area contributed by atoms with E-state index < -0.39 is 0 Å². The van der Waals surface area contributed by atoms with Gasteiger partial charge in [-0.1, -0.05) is 25.4 Å². The van der Waals surface area contributed by atoms with Crippen molar-refractivity contribution in [3.8, 4) is 6.07 Å². The molecule has 1 aromatic carbocycles. The zero-order chi connectivity index (χ0) is 14.8. The monoisotopic (exact) mass is 292 g/mol. The Kier molecular flexibility index (Phi) is 4.57. The zero-order valence-corrected chi connectivity index (χ0v) is 13.0. The fraction of sp³-hybridized carbons (Fsp3) is 0.562. The minimum atomic E-state index is 0.113. The molecule has 0 bridgehead atoms. The predicted octanol–water partition coefficient (Wildman–Crippen LogP) is 4.22.